The molecular formula is C15H13F2NO2. The van der Waals surface area contributed by atoms with Crippen LogP contribution in [-0.4, -0.2) is 17.6 Å². The molecule has 0 saturated heterocycles. The van der Waals surface area contributed by atoms with Gasteiger partial charge in [-0.25, -0.2) is 13.6 Å². The van der Waals surface area contributed by atoms with Crippen molar-refractivity contribution in [1.29, 1.82) is 0 Å². The summed E-state index contributed by atoms with van der Waals surface area (Å²) in [6.07, 6.45) is 0.463. The number of para-hydroxylation sites is 1. The predicted octanol–water partition coefficient (Wildman–Crippen LogP) is 3.32. The molecule has 0 spiro atoms. The molecule has 0 bridgehead atoms. The molecule has 0 aromatic heterocycles. The third kappa shape index (κ3) is 3.32. The quantitative estimate of drug-likeness (QED) is 0.881. The summed E-state index contributed by atoms with van der Waals surface area (Å²) >= 11 is 0. The van der Waals surface area contributed by atoms with Crippen molar-refractivity contribution in [2.75, 3.05) is 11.9 Å². The smallest absolute Gasteiger partial charge is 0.337 e. The van der Waals surface area contributed by atoms with Crippen molar-refractivity contribution in [3.8, 4) is 0 Å². The molecule has 3 nitrogen and oxygen atoms in total. The Balaban J connectivity index is 2.06. The number of hydrogen-bond acceptors (Lipinski definition) is 2. The molecule has 0 aliphatic rings. The molecule has 2 N–H and O–H groups in total. The van der Waals surface area contributed by atoms with Crippen LogP contribution in [0.25, 0.3) is 0 Å². The van der Waals surface area contributed by atoms with Gasteiger partial charge in [0, 0.05) is 6.54 Å². The molecule has 0 radical (unpaired) electrons. The Morgan fingerprint density at radius 2 is 1.90 bits per heavy atom. The largest absolute Gasteiger partial charge is 0.478 e. The fourth-order valence-corrected chi connectivity index (χ4v) is 1.91. The molecule has 5 heteroatoms. The van der Waals surface area contributed by atoms with E-state index in [0.29, 0.717) is 13.0 Å². The molecule has 0 fully saturated rings. The van der Waals surface area contributed by atoms with Crippen LogP contribution in [0.15, 0.2) is 42.5 Å². The van der Waals surface area contributed by atoms with Crippen LogP contribution in [0.1, 0.15) is 15.9 Å². The maximum atomic E-state index is 13.6. The van der Waals surface area contributed by atoms with E-state index in [1.165, 1.54) is 30.3 Å². The van der Waals surface area contributed by atoms with Crippen LogP contribution in [0.5, 0.6) is 0 Å². The van der Waals surface area contributed by atoms with Crippen molar-refractivity contribution < 1.29 is 18.7 Å². The van der Waals surface area contributed by atoms with Gasteiger partial charge in [0.2, 0.25) is 0 Å². The molecule has 0 saturated carbocycles. The van der Waals surface area contributed by atoms with Crippen LogP contribution in [0.2, 0.25) is 0 Å². The first-order chi connectivity index (χ1) is 9.58. The molecule has 0 unspecified atom stereocenters. The second-order valence-corrected chi connectivity index (χ2v) is 4.27. The zero-order valence-corrected chi connectivity index (χ0v) is 10.6. The van der Waals surface area contributed by atoms with Crippen LogP contribution in [0, 0.1) is 11.6 Å². The average Bonchev–Trinajstić information content (AvgIpc) is 2.40. The van der Waals surface area contributed by atoms with Gasteiger partial charge in [-0.1, -0.05) is 18.2 Å². The standard InChI is InChI=1S/C15H13F2NO2/c16-11-4-1-3-10(9-11)7-8-18-14-12(15(19)20)5-2-6-13(14)17/h1-6,9,18H,7-8H2,(H,19,20). The molecular weight excluding hydrogens is 264 g/mol. The molecule has 0 aliphatic heterocycles. The molecule has 2 aromatic carbocycles. The Morgan fingerprint density at radius 3 is 2.60 bits per heavy atom. The lowest BCUT2D eigenvalue weighted by molar-refractivity contribution is 0.0697. The summed E-state index contributed by atoms with van der Waals surface area (Å²) in [5.74, 6) is -2.15. The Labute approximate surface area is 114 Å². The monoisotopic (exact) mass is 277 g/mol. The van der Waals surface area contributed by atoms with E-state index >= 15 is 0 Å². The van der Waals surface area contributed by atoms with Crippen LogP contribution >= 0.6 is 0 Å². The average molecular weight is 277 g/mol. The van der Waals surface area contributed by atoms with Crippen LogP contribution in [0.4, 0.5) is 14.5 Å². The number of benzene rings is 2. The van der Waals surface area contributed by atoms with Gasteiger partial charge >= 0.3 is 5.97 Å². The Bertz CT molecular complexity index is 629. The fraction of sp³-hybridized carbons (Fsp3) is 0.133. The van der Waals surface area contributed by atoms with Gasteiger partial charge in [-0.2, -0.15) is 0 Å². The van der Waals surface area contributed by atoms with Gasteiger partial charge < -0.3 is 10.4 Å². The van der Waals surface area contributed by atoms with Crippen molar-refractivity contribution in [2.45, 2.75) is 6.42 Å². The van der Waals surface area contributed by atoms with Crippen molar-refractivity contribution >= 4 is 11.7 Å². The molecule has 0 amide bonds. The predicted molar refractivity (Wildman–Crippen MR) is 72.0 cm³/mol. The Morgan fingerprint density at radius 1 is 1.15 bits per heavy atom. The van der Waals surface area contributed by atoms with Crippen LogP contribution in [0.3, 0.4) is 0 Å². The zero-order chi connectivity index (χ0) is 14.5. The maximum Gasteiger partial charge on any atom is 0.337 e. The van der Waals surface area contributed by atoms with Crippen molar-refractivity contribution in [1.82, 2.24) is 0 Å². The third-order valence-electron chi connectivity index (χ3n) is 2.85. The van der Waals surface area contributed by atoms with Gasteiger partial charge in [-0.15, -0.1) is 0 Å². The molecule has 104 valence electrons. The number of aromatic carboxylic acids is 1. The number of anilines is 1. The summed E-state index contributed by atoms with van der Waals surface area (Å²) < 4.78 is 26.6. The number of carboxylic acid groups (broad SMARTS) is 1. The van der Waals surface area contributed by atoms with Gasteiger partial charge in [0.25, 0.3) is 0 Å². The van der Waals surface area contributed by atoms with Crippen molar-refractivity contribution in [3.05, 3.63) is 65.2 Å². The van der Waals surface area contributed by atoms with E-state index in [9.17, 15) is 13.6 Å². The van der Waals surface area contributed by atoms with E-state index in [1.807, 2.05) is 0 Å². The maximum absolute atomic E-state index is 13.6. The molecule has 20 heavy (non-hydrogen) atoms. The van der Waals surface area contributed by atoms with E-state index in [0.717, 1.165) is 5.56 Å². The van der Waals surface area contributed by atoms with Crippen molar-refractivity contribution in [3.63, 3.8) is 0 Å². The van der Waals surface area contributed by atoms with Gasteiger partial charge in [0.1, 0.15) is 11.6 Å². The number of nitrogens with one attached hydrogen (secondary N) is 1. The fourth-order valence-electron chi connectivity index (χ4n) is 1.91. The minimum absolute atomic E-state index is 0.0450. The molecule has 0 aliphatic carbocycles. The van der Waals surface area contributed by atoms with E-state index < -0.39 is 11.8 Å². The second-order valence-electron chi connectivity index (χ2n) is 4.27. The topological polar surface area (TPSA) is 49.3 Å². The Kier molecular flexibility index (Phi) is 4.30. The lowest BCUT2D eigenvalue weighted by Crippen LogP contribution is -2.11. The first-order valence-electron chi connectivity index (χ1n) is 6.08. The SMILES string of the molecule is O=C(O)c1cccc(F)c1NCCc1cccc(F)c1. The highest BCUT2D eigenvalue weighted by Gasteiger charge is 2.13. The normalized spacial score (nSPS) is 10.3. The highest BCUT2D eigenvalue weighted by molar-refractivity contribution is 5.94. The number of carbonyl (C=O) groups is 1. The summed E-state index contributed by atoms with van der Waals surface area (Å²) in [5.41, 5.74) is 0.589. The number of hydrogen-bond donors (Lipinski definition) is 2. The van der Waals surface area contributed by atoms with E-state index in [1.54, 1.807) is 12.1 Å². The molecule has 0 atom stereocenters. The number of halogens is 2. The third-order valence-corrected chi connectivity index (χ3v) is 2.85. The van der Waals surface area contributed by atoms with Gasteiger partial charge in [-0.3, -0.25) is 0 Å². The highest BCUT2D eigenvalue weighted by atomic mass is 19.1. The Hall–Kier alpha value is -2.43. The lowest BCUT2D eigenvalue weighted by Gasteiger charge is -2.10. The summed E-state index contributed by atoms with van der Waals surface area (Å²) in [6.45, 7) is 0.310. The van der Waals surface area contributed by atoms with Crippen molar-refractivity contribution in [2.24, 2.45) is 0 Å². The summed E-state index contributed by atoms with van der Waals surface area (Å²) in [4.78, 5) is 11.0. The second kappa shape index (κ2) is 6.14. The van der Waals surface area contributed by atoms with Gasteiger partial charge in [0.15, 0.2) is 0 Å². The molecule has 0 heterocycles. The minimum atomic E-state index is -1.20. The summed E-state index contributed by atoms with van der Waals surface area (Å²) in [6, 6.07) is 9.95. The minimum Gasteiger partial charge on any atom is -0.478 e. The first-order valence-corrected chi connectivity index (χ1v) is 6.08. The summed E-state index contributed by atoms with van der Waals surface area (Å²) in [7, 11) is 0. The highest BCUT2D eigenvalue weighted by Crippen LogP contribution is 2.19. The number of rotatable bonds is 5. The van der Waals surface area contributed by atoms with E-state index in [4.69, 9.17) is 5.11 Å². The molecule has 2 aromatic rings. The van der Waals surface area contributed by atoms with E-state index in [-0.39, 0.29) is 17.1 Å². The molecule has 2 rings (SSSR count). The van der Waals surface area contributed by atoms with E-state index in [2.05, 4.69) is 5.32 Å². The lowest BCUT2D eigenvalue weighted by atomic mass is 10.1. The van der Waals surface area contributed by atoms with Crippen LogP contribution in [-0.2, 0) is 6.42 Å². The van der Waals surface area contributed by atoms with Gasteiger partial charge in [-0.05, 0) is 36.2 Å². The van der Waals surface area contributed by atoms with Gasteiger partial charge in [0.05, 0.1) is 11.3 Å². The first kappa shape index (κ1) is 14.0. The zero-order valence-electron chi connectivity index (χ0n) is 10.6. The van der Waals surface area contributed by atoms with Crippen LogP contribution < -0.4 is 5.32 Å². The summed E-state index contributed by atoms with van der Waals surface area (Å²) in [5, 5.41) is 11.7. The number of carboxylic acids is 1.